The molecule has 30 heavy (non-hydrogen) atoms. The van der Waals surface area contributed by atoms with Crippen molar-refractivity contribution < 1.29 is 17.7 Å². The first-order valence-electron chi connectivity index (χ1n) is 11.3. The van der Waals surface area contributed by atoms with E-state index in [4.69, 9.17) is 9.29 Å². The fourth-order valence-electron chi connectivity index (χ4n) is 3.36. The molecule has 176 valence electrons. The van der Waals surface area contributed by atoms with Crippen molar-refractivity contribution >= 4 is 10.1 Å². The van der Waals surface area contributed by atoms with Crippen molar-refractivity contribution in [2.45, 2.75) is 83.0 Å². The van der Waals surface area contributed by atoms with Crippen molar-refractivity contribution in [3.05, 3.63) is 29.8 Å². The standard InChI is InChI=1S/C16H33NO.C7H8O3S.H3N/c1-2-3-4-5-6-7-8-9-10-11-12-17-13-15-18-16-14-17;1-6-2-4-7(5-3-6)11(8,9)10;/h2-16H2,1H3;2-5H,1H3,(H,8,9,10);1H3. The van der Waals surface area contributed by atoms with Gasteiger partial charge in [0, 0.05) is 13.1 Å². The number of nitrogens with zero attached hydrogens (tertiary/aromatic N) is 1. The zero-order valence-electron chi connectivity index (χ0n) is 19.2. The number of hydrogen-bond donors (Lipinski definition) is 2. The minimum atomic E-state index is -4.02. The Morgan fingerprint density at radius 3 is 1.80 bits per heavy atom. The Hall–Kier alpha value is -0.990. The average molecular weight is 445 g/mol. The van der Waals surface area contributed by atoms with E-state index in [9.17, 15) is 8.42 Å². The molecule has 1 aromatic carbocycles. The van der Waals surface area contributed by atoms with Crippen molar-refractivity contribution in [1.82, 2.24) is 11.1 Å². The van der Waals surface area contributed by atoms with E-state index in [1.807, 2.05) is 6.92 Å². The third kappa shape index (κ3) is 14.9. The third-order valence-corrected chi connectivity index (χ3v) is 6.12. The predicted molar refractivity (Wildman–Crippen MR) is 125 cm³/mol. The molecule has 2 rings (SSSR count). The van der Waals surface area contributed by atoms with E-state index >= 15 is 0 Å². The molecule has 1 aromatic rings. The zero-order valence-corrected chi connectivity index (χ0v) is 20.0. The van der Waals surface area contributed by atoms with Gasteiger partial charge in [0.2, 0.25) is 0 Å². The molecule has 0 radical (unpaired) electrons. The monoisotopic (exact) mass is 444 g/mol. The average Bonchev–Trinajstić information content (AvgIpc) is 2.70. The number of ether oxygens (including phenoxy) is 1. The molecule has 1 saturated heterocycles. The number of morpholine rings is 1. The lowest BCUT2D eigenvalue weighted by atomic mass is 10.1. The molecule has 1 fully saturated rings. The molecule has 1 heterocycles. The van der Waals surface area contributed by atoms with Crippen molar-refractivity contribution in [2.24, 2.45) is 0 Å². The van der Waals surface area contributed by atoms with Gasteiger partial charge < -0.3 is 10.9 Å². The molecule has 0 aliphatic carbocycles. The van der Waals surface area contributed by atoms with Gasteiger partial charge in [-0.2, -0.15) is 8.42 Å². The summed E-state index contributed by atoms with van der Waals surface area (Å²) in [5.74, 6) is 0. The van der Waals surface area contributed by atoms with Gasteiger partial charge in [-0.1, -0.05) is 82.4 Å². The van der Waals surface area contributed by atoms with Gasteiger partial charge >= 0.3 is 0 Å². The number of aryl methyl sites for hydroxylation is 1. The topological polar surface area (TPSA) is 102 Å². The molecular weight excluding hydrogens is 400 g/mol. The Morgan fingerprint density at radius 1 is 0.867 bits per heavy atom. The van der Waals surface area contributed by atoms with Crippen LogP contribution in [0.3, 0.4) is 0 Å². The summed E-state index contributed by atoms with van der Waals surface area (Å²) in [7, 11) is -4.02. The van der Waals surface area contributed by atoms with Crippen LogP contribution < -0.4 is 6.15 Å². The Balaban J connectivity index is 0.000000603. The molecule has 6 nitrogen and oxygen atoms in total. The lowest BCUT2D eigenvalue weighted by Crippen LogP contribution is -2.36. The number of hydrogen-bond acceptors (Lipinski definition) is 5. The summed E-state index contributed by atoms with van der Waals surface area (Å²) in [4.78, 5) is 2.48. The molecule has 1 aliphatic rings. The predicted octanol–water partition coefficient (Wildman–Crippen LogP) is 5.64. The highest BCUT2D eigenvalue weighted by Gasteiger charge is 2.09. The van der Waals surface area contributed by atoms with Gasteiger partial charge in [0.05, 0.1) is 18.1 Å². The lowest BCUT2D eigenvalue weighted by Gasteiger charge is -2.26. The van der Waals surface area contributed by atoms with E-state index in [1.54, 1.807) is 12.1 Å². The maximum atomic E-state index is 10.5. The van der Waals surface area contributed by atoms with Gasteiger partial charge in [-0.3, -0.25) is 9.45 Å². The molecule has 1 aliphatic heterocycles. The summed E-state index contributed by atoms with van der Waals surface area (Å²) in [5, 5.41) is 0. The summed E-state index contributed by atoms with van der Waals surface area (Å²) in [6.07, 6.45) is 14.3. The van der Waals surface area contributed by atoms with Crippen LogP contribution in [0.1, 0.15) is 76.7 Å². The van der Waals surface area contributed by atoms with Gasteiger partial charge in [-0.25, -0.2) is 0 Å². The Morgan fingerprint density at radius 2 is 1.33 bits per heavy atom. The molecule has 0 atom stereocenters. The minimum Gasteiger partial charge on any atom is -0.379 e. The van der Waals surface area contributed by atoms with Gasteiger partial charge in [0.1, 0.15) is 0 Å². The first-order chi connectivity index (χ1) is 13.9. The summed E-state index contributed by atoms with van der Waals surface area (Å²) in [6.45, 7) is 9.60. The Kier molecular flexibility index (Phi) is 17.1. The summed E-state index contributed by atoms with van der Waals surface area (Å²) < 4.78 is 34.9. The molecule has 0 spiro atoms. The maximum Gasteiger partial charge on any atom is 0.294 e. The van der Waals surface area contributed by atoms with Crippen molar-refractivity contribution in [2.75, 3.05) is 32.8 Å². The highest BCUT2D eigenvalue weighted by atomic mass is 32.2. The highest BCUT2D eigenvalue weighted by Crippen LogP contribution is 2.11. The van der Waals surface area contributed by atoms with Crippen LogP contribution in [-0.2, 0) is 14.9 Å². The van der Waals surface area contributed by atoms with Gasteiger partial charge in [-0.15, -0.1) is 0 Å². The van der Waals surface area contributed by atoms with E-state index in [0.717, 1.165) is 31.9 Å². The third-order valence-electron chi connectivity index (χ3n) is 5.25. The van der Waals surface area contributed by atoms with Gasteiger partial charge in [0.15, 0.2) is 0 Å². The lowest BCUT2D eigenvalue weighted by molar-refractivity contribution is 0.0371. The first kappa shape index (κ1) is 29.0. The second kappa shape index (κ2) is 17.7. The number of unbranched alkanes of at least 4 members (excludes halogenated alkanes) is 9. The summed E-state index contributed by atoms with van der Waals surface area (Å²) in [5.41, 5.74) is 0.956. The second-order valence-corrected chi connectivity index (χ2v) is 9.35. The molecule has 0 amide bonds. The van der Waals surface area contributed by atoms with Crippen LogP contribution >= 0.6 is 0 Å². The molecule has 0 saturated carbocycles. The van der Waals surface area contributed by atoms with Crippen molar-refractivity contribution in [3.63, 3.8) is 0 Å². The van der Waals surface area contributed by atoms with Crippen LogP contribution in [-0.4, -0.2) is 50.7 Å². The summed E-state index contributed by atoms with van der Waals surface area (Å²) in [6, 6.07) is 5.99. The Labute approximate surface area is 184 Å². The minimum absolute atomic E-state index is 0. The Bertz CT molecular complexity index is 615. The second-order valence-electron chi connectivity index (χ2n) is 7.92. The van der Waals surface area contributed by atoms with E-state index < -0.39 is 10.1 Å². The van der Waals surface area contributed by atoms with E-state index in [2.05, 4.69) is 11.8 Å². The zero-order chi connectivity index (χ0) is 21.4. The van der Waals surface area contributed by atoms with Crippen LogP contribution in [0.4, 0.5) is 0 Å². The molecule has 0 aromatic heterocycles. The smallest absolute Gasteiger partial charge is 0.294 e. The first-order valence-corrected chi connectivity index (χ1v) is 12.7. The van der Waals surface area contributed by atoms with Gasteiger partial charge in [-0.05, 0) is 32.0 Å². The van der Waals surface area contributed by atoms with Crippen LogP contribution in [0, 0.1) is 6.92 Å². The van der Waals surface area contributed by atoms with Crippen molar-refractivity contribution in [1.29, 1.82) is 0 Å². The summed E-state index contributed by atoms with van der Waals surface area (Å²) >= 11 is 0. The molecule has 0 bridgehead atoms. The van der Waals surface area contributed by atoms with Crippen LogP contribution in [0.5, 0.6) is 0 Å². The fraction of sp³-hybridized carbons (Fsp3) is 0.739. The quantitative estimate of drug-likeness (QED) is 0.319. The number of rotatable bonds is 12. The fourth-order valence-corrected chi connectivity index (χ4v) is 3.84. The number of benzene rings is 1. The normalized spacial score (nSPS) is 14.5. The molecular formula is C23H44N2O4S. The molecule has 4 N–H and O–H groups in total. The SMILES string of the molecule is CCCCCCCCCCCCN1CCOCC1.Cc1ccc(S(=O)(=O)O)cc1.N. The molecule has 0 unspecified atom stereocenters. The largest absolute Gasteiger partial charge is 0.379 e. The van der Waals surface area contributed by atoms with E-state index in [0.29, 0.717) is 0 Å². The van der Waals surface area contributed by atoms with Crippen LogP contribution in [0.15, 0.2) is 29.2 Å². The van der Waals surface area contributed by atoms with Crippen LogP contribution in [0.25, 0.3) is 0 Å². The highest BCUT2D eigenvalue weighted by molar-refractivity contribution is 7.85. The van der Waals surface area contributed by atoms with Crippen LogP contribution in [0.2, 0.25) is 0 Å². The maximum absolute atomic E-state index is 10.5. The molecule has 7 heteroatoms. The van der Waals surface area contributed by atoms with E-state index in [1.165, 1.54) is 82.9 Å². The van der Waals surface area contributed by atoms with E-state index in [-0.39, 0.29) is 11.0 Å². The van der Waals surface area contributed by atoms with Gasteiger partial charge in [0.25, 0.3) is 10.1 Å². The van der Waals surface area contributed by atoms with Crippen molar-refractivity contribution in [3.8, 4) is 0 Å².